The summed E-state index contributed by atoms with van der Waals surface area (Å²) in [4.78, 5) is 18.3. The smallest absolute Gasteiger partial charge is 0.508 e. The van der Waals surface area contributed by atoms with Crippen molar-refractivity contribution < 1.29 is 21.9 Å². The monoisotopic (exact) mass is 731 g/mol. The van der Waals surface area contributed by atoms with E-state index in [4.69, 9.17) is 9.97 Å². The van der Waals surface area contributed by atoms with Crippen molar-refractivity contribution in [2.75, 3.05) is 0 Å². The Morgan fingerprint density at radius 1 is 0.358 bits per heavy atom. The van der Waals surface area contributed by atoms with Gasteiger partial charge in [-0.2, -0.15) is 0 Å². The van der Waals surface area contributed by atoms with E-state index in [1.807, 2.05) is 12.1 Å². The van der Waals surface area contributed by atoms with Crippen molar-refractivity contribution in [2.24, 2.45) is 0 Å². The Labute approximate surface area is 318 Å². The molecule has 3 N–H and O–H groups in total. The number of aryl methyl sites for hydroxylation is 3. The van der Waals surface area contributed by atoms with Crippen molar-refractivity contribution >= 4 is 46.4 Å². The first-order valence-corrected chi connectivity index (χ1v) is 17.5. The maximum atomic E-state index is 10.2. The zero-order valence-electron chi connectivity index (χ0n) is 29.5. The molecule has 0 saturated heterocycles. The Kier molecular flexibility index (Phi) is 8.78. The molecule has 3 aromatic heterocycles. The first kappa shape index (κ1) is 33.9. The molecule has 0 unspecified atom stereocenters. The molecule has 53 heavy (non-hydrogen) atoms. The van der Waals surface area contributed by atoms with Gasteiger partial charge in [-0.05, 0) is 104 Å². The predicted molar refractivity (Wildman–Crippen MR) is 216 cm³/mol. The Morgan fingerprint density at radius 3 is 0.868 bits per heavy atom. The van der Waals surface area contributed by atoms with Gasteiger partial charge in [-0.1, -0.05) is 102 Å². The van der Waals surface area contributed by atoms with E-state index in [1.54, 1.807) is 12.1 Å². The predicted octanol–water partition coefficient (Wildman–Crippen LogP) is 12.0. The van der Waals surface area contributed by atoms with E-state index in [1.165, 1.54) is 16.7 Å². The molecular formula is C47H36CoN4O+2. The van der Waals surface area contributed by atoms with Crippen LogP contribution in [0.4, 0.5) is 0 Å². The standard InChI is InChI=1S/C47H36N4O.Co/c1-28-4-10-31(11-5-28)44-36-20-22-38(48-36)45(32-12-6-29(2)7-13-32)40-24-26-42(50-40)47(34-16-18-35(52)19-17-34)43-27-25-41(51-43)46(39-23-21-37(44)49-39)33-14-8-30(3)9-15-33;/h4-27,48,51-52H,1-3H3;/q;+2. The zero-order chi connectivity index (χ0) is 35.3. The van der Waals surface area contributed by atoms with E-state index in [2.05, 4.69) is 152 Å². The van der Waals surface area contributed by atoms with Crippen LogP contribution in [0, 0.1) is 20.8 Å². The van der Waals surface area contributed by atoms with Crippen LogP contribution in [0.1, 0.15) is 39.5 Å². The van der Waals surface area contributed by atoms with Crippen molar-refractivity contribution in [2.45, 2.75) is 20.8 Å². The summed E-state index contributed by atoms with van der Waals surface area (Å²) < 4.78 is 0. The Balaban J connectivity index is 0.00000400. The fourth-order valence-corrected chi connectivity index (χ4v) is 7.21. The molecule has 0 aliphatic carbocycles. The maximum Gasteiger partial charge on any atom is 2.00 e. The minimum absolute atomic E-state index is 0. The van der Waals surface area contributed by atoms with Crippen molar-refractivity contribution in [3.05, 3.63) is 161 Å². The van der Waals surface area contributed by atoms with Gasteiger partial charge in [0.05, 0.1) is 22.8 Å². The van der Waals surface area contributed by atoms with Crippen LogP contribution < -0.4 is 0 Å². The molecule has 9 rings (SSSR count). The molecule has 0 amide bonds. The Bertz CT molecular complexity index is 2360. The Morgan fingerprint density at radius 2 is 0.604 bits per heavy atom. The van der Waals surface area contributed by atoms with Crippen molar-refractivity contribution in [3.8, 4) is 50.3 Å². The second-order valence-electron chi connectivity index (χ2n) is 13.6. The topological polar surface area (TPSA) is 77.6 Å². The van der Waals surface area contributed by atoms with Gasteiger partial charge in [-0.15, -0.1) is 0 Å². The van der Waals surface area contributed by atoms with Gasteiger partial charge in [-0.25, -0.2) is 9.97 Å². The quantitative estimate of drug-likeness (QED) is 0.169. The molecule has 2 aliphatic rings. The summed E-state index contributed by atoms with van der Waals surface area (Å²) in [5, 5.41) is 10.2. The average molecular weight is 732 g/mol. The largest absolute Gasteiger partial charge is 2.00 e. The zero-order valence-corrected chi connectivity index (χ0v) is 30.6. The number of aromatic nitrogens is 4. The molecule has 257 valence electrons. The summed E-state index contributed by atoms with van der Waals surface area (Å²) in [6.45, 7) is 6.32. The number of phenolic OH excluding ortho intramolecular Hbond substituents is 1. The minimum atomic E-state index is 0. The van der Waals surface area contributed by atoms with E-state index < -0.39 is 0 Å². The fourth-order valence-electron chi connectivity index (χ4n) is 7.21. The molecule has 5 nitrogen and oxygen atoms in total. The van der Waals surface area contributed by atoms with E-state index >= 15 is 0 Å². The molecular weight excluding hydrogens is 695 g/mol. The normalized spacial score (nSPS) is 11.8. The van der Waals surface area contributed by atoms with Crippen LogP contribution in [-0.4, -0.2) is 25.0 Å². The molecule has 4 aromatic carbocycles. The average Bonchev–Trinajstić information content (AvgIpc) is 3.99. The Hall–Kier alpha value is -6.21. The second-order valence-corrected chi connectivity index (χ2v) is 13.6. The maximum absolute atomic E-state index is 10.2. The molecule has 2 aliphatic heterocycles. The number of hydrogen-bond acceptors (Lipinski definition) is 3. The third kappa shape index (κ3) is 6.33. The van der Waals surface area contributed by atoms with Gasteiger partial charge in [0.2, 0.25) is 0 Å². The first-order chi connectivity index (χ1) is 25.4. The number of aromatic amines is 2. The van der Waals surface area contributed by atoms with Gasteiger partial charge < -0.3 is 15.1 Å². The molecule has 0 fully saturated rings. The number of nitrogens with one attached hydrogen (secondary N) is 2. The summed E-state index contributed by atoms with van der Waals surface area (Å²) >= 11 is 0. The molecule has 6 heteroatoms. The van der Waals surface area contributed by atoms with Gasteiger partial charge >= 0.3 is 16.8 Å². The molecule has 0 atom stereocenters. The number of rotatable bonds is 4. The molecule has 5 heterocycles. The van der Waals surface area contributed by atoms with Crippen LogP contribution in [0.5, 0.6) is 5.75 Å². The van der Waals surface area contributed by atoms with Gasteiger partial charge in [0.25, 0.3) is 0 Å². The van der Waals surface area contributed by atoms with Gasteiger partial charge in [0, 0.05) is 44.3 Å². The molecule has 1 radical (unpaired) electrons. The number of hydrogen-bond donors (Lipinski definition) is 3. The number of fused-ring (bicyclic) bond motifs is 8. The van der Waals surface area contributed by atoms with Gasteiger partial charge in [0.1, 0.15) is 5.75 Å². The number of phenols is 1. The van der Waals surface area contributed by atoms with Crippen LogP contribution in [0.25, 0.3) is 90.9 Å². The number of H-pyrrole nitrogens is 2. The minimum Gasteiger partial charge on any atom is -0.508 e. The number of nitrogens with zero attached hydrogens (tertiary/aromatic N) is 2. The molecule has 7 aromatic rings. The molecule has 0 spiro atoms. The summed E-state index contributed by atoms with van der Waals surface area (Å²) in [6, 6.07) is 41.8. The van der Waals surface area contributed by atoms with Crippen molar-refractivity contribution in [1.82, 2.24) is 19.9 Å². The van der Waals surface area contributed by atoms with Gasteiger partial charge in [0.15, 0.2) is 0 Å². The fraction of sp³-hybridized carbons (Fsp3) is 0.0638. The summed E-state index contributed by atoms with van der Waals surface area (Å²) in [7, 11) is 0. The second kappa shape index (κ2) is 13.7. The van der Waals surface area contributed by atoms with Crippen molar-refractivity contribution in [3.63, 3.8) is 0 Å². The summed E-state index contributed by atoms with van der Waals surface area (Å²) in [6.07, 6.45) is 8.45. The number of benzene rings is 4. The summed E-state index contributed by atoms with van der Waals surface area (Å²) in [5.41, 5.74) is 19.0. The van der Waals surface area contributed by atoms with Crippen molar-refractivity contribution in [1.29, 1.82) is 0 Å². The first-order valence-electron chi connectivity index (χ1n) is 17.5. The molecule has 0 saturated carbocycles. The SMILES string of the molecule is Cc1ccc(-c2c3nc(c(-c4ccc(C)cc4)c4ccc([nH]4)c(-c4ccc(O)cc4)c4nc(c(-c5ccc(C)cc5)c5ccc2[nH]5)C=C4)C=C3)cc1.[Co+2]. The number of aromatic hydroxyl groups is 1. The third-order valence-corrected chi connectivity index (χ3v) is 9.93. The van der Waals surface area contributed by atoms with Crippen LogP contribution in [0.3, 0.4) is 0 Å². The van der Waals surface area contributed by atoms with E-state index in [0.29, 0.717) is 0 Å². The van der Waals surface area contributed by atoms with E-state index in [9.17, 15) is 5.11 Å². The van der Waals surface area contributed by atoms with E-state index in [0.717, 1.165) is 89.4 Å². The van der Waals surface area contributed by atoms with Crippen LogP contribution in [-0.2, 0) is 16.8 Å². The molecule has 8 bridgehead atoms. The van der Waals surface area contributed by atoms with Crippen LogP contribution in [0.2, 0.25) is 0 Å². The summed E-state index contributed by atoms with van der Waals surface area (Å²) in [5.74, 6) is 0.216. The third-order valence-electron chi connectivity index (χ3n) is 9.93. The van der Waals surface area contributed by atoms with E-state index in [-0.39, 0.29) is 22.5 Å². The van der Waals surface area contributed by atoms with Crippen LogP contribution >= 0.6 is 0 Å². The van der Waals surface area contributed by atoms with Gasteiger partial charge in [-0.3, -0.25) is 0 Å². The van der Waals surface area contributed by atoms with Crippen LogP contribution in [0.15, 0.2) is 121 Å².